The quantitative estimate of drug-likeness (QED) is 0.619. The molecule has 0 aliphatic rings. The molecular weight excluding hydrogens is 384 g/mol. The zero-order chi connectivity index (χ0) is 20.9. The van der Waals surface area contributed by atoms with Crippen LogP contribution in [-0.2, 0) is 16.4 Å². The Kier molecular flexibility index (Phi) is 6.34. The van der Waals surface area contributed by atoms with E-state index in [1.165, 1.54) is 0 Å². The largest absolute Gasteiger partial charge is 0.352 e. The first-order valence-electron chi connectivity index (χ1n) is 9.38. The monoisotopic (exact) mass is 408 g/mol. The molecule has 0 aliphatic carbocycles. The van der Waals surface area contributed by atoms with Gasteiger partial charge < -0.3 is 5.32 Å². The average molecular weight is 409 g/mol. The lowest BCUT2D eigenvalue weighted by Crippen LogP contribution is -2.26. The normalized spacial score (nSPS) is 11.1. The summed E-state index contributed by atoms with van der Waals surface area (Å²) in [5.74, 6) is -0.227. The fourth-order valence-corrected chi connectivity index (χ4v) is 4.10. The molecule has 0 spiro atoms. The number of anilines is 1. The van der Waals surface area contributed by atoms with Gasteiger partial charge in [0.05, 0.1) is 10.6 Å². The van der Waals surface area contributed by atoms with E-state index in [-0.39, 0.29) is 10.8 Å². The van der Waals surface area contributed by atoms with Crippen LogP contribution >= 0.6 is 0 Å². The Morgan fingerprint density at radius 3 is 2.24 bits per heavy atom. The van der Waals surface area contributed by atoms with E-state index in [9.17, 15) is 13.2 Å². The lowest BCUT2D eigenvalue weighted by Gasteiger charge is -2.14. The van der Waals surface area contributed by atoms with Gasteiger partial charge in [0.15, 0.2) is 0 Å². The van der Waals surface area contributed by atoms with Crippen molar-refractivity contribution in [3.63, 3.8) is 0 Å². The number of hydrogen-bond acceptors (Lipinski definition) is 3. The van der Waals surface area contributed by atoms with Crippen LogP contribution in [0, 0.1) is 13.8 Å². The third-order valence-electron chi connectivity index (χ3n) is 4.70. The Hall–Kier alpha value is -3.12. The zero-order valence-electron chi connectivity index (χ0n) is 16.5. The number of nitrogens with one attached hydrogen (secondary N) is 2. The van der Waals surface area contributed by atoms with E-state index in [1.807, 2.05) is 37.3 Å². The van der Waals surface area contributed by atoms with Crippen LogP contribution < -0.4 is 10.0 Å². The number of carbonyl (C=O) groups is 1. The Labute approximate surface area is 171 Å². The Balaban J connectivity index is 1.71. The summed E-state index contributed by atoms with van der Waals surface area (Å²) in [4.78, 5) is 12.8. The van der Waals surface area contributed by atoms with E-state index < -0.39 is 10.0 Å². The van der Waals surface area contributed by atoms with Crippen molar-refractivity contribution in [3.05, 3.63) is 95.1 Å². The lowest BCUT2D eigenvalue weighted by atomic mass is 10.1. The Morgan fingerprint density at radius 2 is 1.55 bits per heavy atom. The molecule has 0 atom stereocenters. The molecule has 0 unspecified atom stereocenters. The standard InChI is InChI=1S/C23H24N2O3S/c1-17-11-13-20(14-12-17)29(27,28)25-22-10-6-9-21(18(22)2)23(26)24-16-15-19-7-4-3-5-8-19/h3-14,25H,15-16H2,1-2H3,(H,24,26). The summed E-state index contributed by atoms with van der Waals surface area (Å²) in [7, 11) is -3.73. The minimum atomic E-state index is -3.73. The summed E-state index contributed by atoms with van der Waals surface area (Å²) in [6.07, 6.45) is 0.728. The van der Waals surface area contributed by atoms with Crippen LogP contribution in [0.15, 0.2) is 77.7 Å². The summed E-state index contributed by atoms with van der Waals surface area (Å²) in [5.41, 5.74) is 3.54. The van der Waals surface area contributed by atoms with Crippen LogP contribution in [-0.4, -0.2) is 20.9 Å². The average Bonchev–Trinajstić information content (AvgIpc) is 2.70. The van der Waals surface area contributed by atoms with Gasteiger partial charge in [-0.25, -0.2) is 8.42 Å². The fourth-order valence-electron chi connectivity index (χ4n) is 2.97. The van der Waals surface area contributed by atoms with E-state index in [1.54, 1.807) is 49.4 Å². The first-order valence-corrected chi connectivity index (χ1v) is 10.9. The molecule has 0 radical (unpaired) electrons. The van der Waals surface area contributed by atoms with Gasteiger partial charge in [-0.15, -0.1) is 0 Å². The maximum atomic E-state index is 12.7. The lowest BCUT2D eigenvalue weighted by molar-refractivity contribution is 0.0953. The van der Waals surface area contributed by atoms with Gasteiger partial charge in [0.1, 0.15) is 0 Å². The highest BCUT2D eigenvalue weighted by atomic mass is 32.2. The van der Waals surface area contributed by atoms with Crippen molar-refractivity contribution in [3.8, 4) is 0 Å². The third kappa shape index (κ3) is 5.23. The second-order valence-electron chi connectivity index (χ2n) is 6.89. The molecule has 150 valence electrons. The zero-order valence-corrected chi connectivity index (χ0v) is 17.3. The van der Waals surface area contributed by atoms with Crippen LogP contribution in [0.5, 0.6) is 0 Å². The van der Waals surface area contributed by atoms with E-state index >= 15 is 0 Å². The molecule has 0 bridgehead atoms. The number of rotatable bonds is 7. The van der Waals surface area contributed by atoms with Crippen molar-refractivity contribution >= 4 is 21.6 Å². The fraction of sp³-hybridized carbons (Fsp3) is 0.174. The van der Waals surface area contributed by atoms with Gasteiger partial charge in [0.2, 0.25) is 0 Å². The van der Waals surface area contributed by atoms with Gasteiger partial charge in [-0.1, -0.05) is 54.1 Å². The molecule has 3 rings (SSSR count). The van der Waals surface area contributed by atoms with Crippen molar-refractivity contribution in [1.82, 2.24) is 5.32 Å². The van der Waals surface area contributed by atoms with Gasteiger partial charge in [-0.05, 0) is 55.7 Å². The molecule has 0 aromatic heterocycles. The molecule has 1 amide bonds. The molecule has 0 heterocycles. The smallest absolute Gasteiger partial charge is 0.261 e. The maximum absolute atomic E-state index is 12.7. The molecule has 29 heavy (non-hydrogen) atoms. The first kappa shape index (κ1) is 20.6. The number of benzene rings is 3. The molecule has 0 saturated heterocycles. The van der Waals surface area contributed by atoms with Crippen LogP contribution in [0.2, 0.25) is 0 Å². The Bertz CT molecular complexity index is 1090. The topological polar surface area (TPSA) is 75.3 Å². The van der Waals surface area contributed by atoms with Gasteiger partial charge in [0, 0.05) is 12.1 Å². The number of sulfonamides is 1. The third-order valence-corrected chi connectivity index (χ3v) is 6.08. The summed E-state index contributed by atoms with van der Waals surface area (Å²) < 4.78 is 27.9. The van der Waals surface area contributed by atoms with Crippen LogP contribution in [0.3, 0.4) is 0 Å². The number of amides is 1. The van der Waals surface area contributed by atoms with E-state index in [4.69, 9.17) is 0 Å². The molecule has 2 N–H and O–H groups in total. The minimum absolute atomic E-state index is 0.181. The molecule has 0 aliphatic heterocycles. The van der Waals surface area contributed by atoms with E-state index in [0.717, 1.165) is 17.5 Å². The molecule has 3 aromatic carbocycles. The van der Waals surface area contributed by atoms with Crippen LogP contribution in [0.1, 0.15) is 27.0 Å². The van der Waals surface area contributed by atoms with Crippen LogP contribution in [0.4, 0.5) is 5.69 Å². The molecule has 0 saturated carbocycles. The minimum Gasteiger partial charge on any atom is -0.352 e. The van der Waals surface area contributed by atoms with Crippen molar-refractivity contribution in [2.75, 3.05) is 11.3 Å². The second kappa shape index (κ2) is 8.92. The SMILES string of the molecule is Cc1ccc(S(=O)(=O)Nc2cccc(C(=O)NCCc3ccccc3)c2C)cc1. The highest BCUT2D eigenvalue weighted by Gasteiger charge is 2.17. The molecule has 6 heteroatoms. The van der Waals surface area contributed by atoms with E-state index in [2.05, 4.69) is 10.0 Å². The highest BCUT2D eigenvalue weighted by molar-refractivity contribution is 7.92. The second-order valence-corrected chi connectivity index (χ2v) is 8.57. The highest BCUT2D eigenvalue weighted by Crippen LogP contribution is 2.23. The summed E-state index contributed by atoms with van der Waals surface area (Å²) in [6.45, 7) is 4.13. The molecule has 3 aromatic rings. The number of carbonyl (C=O) groups excluding carboxylic acids is 1. The van der Waals surface area contributed by atoms with Crippen LogP contribution in [0.25, 0.3) is 0 Å². The first-order chi connectivity index (χ1) is 13.9. The predicted octanol–water partition coefficient (Wildman–Crippen LogP) is 4.08. The Morgan fingerprint density at radius 1 is 0.862 bits per heavy atom. The summed E-state index contributed by atoms with van der Waals surface area (Å²) in [5, 5.41) is 2.90. The van der Waals surface area contributed by atoms with Crippen molar-refractivity contribution < 1.29 is 13.2 Å². The number of aryl methyl sites for hydroxylation is 1. The summed E-state index contributed by atoms with van der Waals surface area (Å²) in [6, 6.07) is 21.5. The van der Waals surface area contributed by atoms with Gasteiger partial charge in [0.25, 0.3) is 15.9 Å². The maximum Gasteiger partial charge on any atom is 0.261 e. The molecule has 0 fully saturated rings. The summed E-state index contributed by atoms with van der Waals surface area (Å²) >= 11 is 0. The van der Waals surface area contributed by atoms with E-state index in [0.29, 0.717) is 23.4 Å². The molecule has 5 nitrogen and oxygen atoms in total. The molecular formula is C23H24N2O3S. The number of hydrogen-bond donors (Lipinski definition) is 2. The van der Waals surface area contributed by atoms with Crippen molar-refractivity contribution in [2.45, 2.75) is 25.2 Å². The van der Waals surface area contributed by atoms with Crippen molar-refractivity contribution in [1.29, 1.82) is 0 Å². The van der Waals surface area contributed by atoms with Crippen molar-refractivity contribution in [2.24, 2.45) is 0 Å². The predicted molar refractivity (Wildman–Crippen MR) is 116 cm³/mol. The van der Waals surface area contributed by atoms with Gasteiger partial charge in [-0.3, -0.25) is 9.52 Å². The van der Waals surface area contributed by atoms with Gasteiger partial charge >= 0.3 is 0 Å². The van der Waals surface area contributed by atoms with Gasteiger partial charge in [-0.2, -0.15) is 0 Å².